The van der Waals surface area contributed by atoms with Crippen molar-refractivity contribution in [2.24, 2.45) is 0 Å². The molecule has 1 spiro atoms. The van der Waals surface area contributed by atoms with Crippen LogP contribution in [0.5, 0.6) is 0 Å². The molecule has 0 bridgehead atoms. The Morgan fingerprint density at radius 2 is 0.839 bits per heavy atom. The van der Waals surface area contributed by atoms with E-state index >= 15 is 0 Å². The van der Waals surface area contributed by atoms with E-state index in [1.165, 1.54) is 76.3 Å². The first-order valence-corrected chi connectivity index (χ1v) is 20.6. The van der Waals surface area contributed by atoms with Crippen molar-refractivity contribution >= 4 is 65.6 Å². The summed E-state index contributed by atoms with van der Waals surface area (Å²) in [6.07, 6.45) is 4.46. The molecule has 268 valence electrons. The number of hydrogen-bond acceptors (Lipinski definition) is 3. The number of nitrogens with zero attached hydrogens (tertiary/aromatic N) is 2. The zero-order valence-corrected chi connectivity index (χ0v) is 31.9. The number of rotatable bonds is 7. The molecule has 11 rings (SSSR count). The maximum absolute atomic E-state index is 2.53. The van der Waals surface area contributed by atoms with Crippen LogP contribution in [0.15, 0.2) is 194 Å². The van der Waals surface area contributed by atoms with Crippen LogP contribution in [0.1, 0.15) is 35.1 Å². The van der Waals surface area contributed by atoms with E-state index in [0.29, 0.717) is 0 Å². The van der Waals surface area contributed by atoms with E-state index in [-0.39, 0.29) is 5.41 Å². The first-order valence-electron chi connectivity index (χ1n) is 19.8. The number of hydrogen-bond donors (Lipinski definition) is 0. The van der Waals surface area contributed by atoms with Crippen molar-refractivity contribution in [3.63, 3.8) is 0 Å². The van der Waals surface area contributed by atoms with Crippen LogP contribution in [-0.4, -0.2) is 0 Å². The lowest BCUT2D eigenvalue weighted by molar-refractivity contribution is 0.507. The maximum atomic E-state index is 2.53. The average Bonchev–Trinajstić information content (AvgIpc) is 3.95. The Hall–Kier alpha value is -6.42. The molecule has 2 aliphatic carbocycles. The summed E-state index contributed by atoms with van der Waals surface area (Å²) in [6.45, 7) is 0. The van der Waals surface area contributed by atoms with Gasteiger partial charge in [-0.1, -0.05) is 115 Å². The second-order valence-electron chi connectivity index (χ2n) is 15.3. The van der Waals surface area contributed by atoms with Crippen molar-refractivity contribution in [1.82, 2.24) is 0 Å². The van der Waals surface area contributed by atoms with Crippen molar-refractivity contribution in [2.75, 3.05) is 9.80 Å². The van der Waals surface area contributed by atoms with Crippen LogP contribution < -0.4 is 9.80 Å². The standard InChI is InChI=1S/C53H40N2S/c1-4-13-37(14-5-1)40-15-12-20-43(33-40)54(41-16-6-2-7-17-41)44-25-23-38-29-31-53(49(38)34-44)32-30-39-24-26-45(35-50(39)53)55(42-18-8-3-9-19-42)46-27-28-48-47-21-10-11-22-51(47)56-52(48)36-46/h1-28,33-36H,29-32H2/t53-/m1/s1. The van der Waals surface area contributed by atoms with E-state index in [2.05, 4.69) is 204 Å². The third kappa shape index (κ3) is 5.45. The predicted molar refractivity (Wildman–Crippen MR) is 238 cm³/mol. The summed E-state index contributed by atoms with van der Waals surface area (Å²) in [5.41, 5.74) is 15.5. The van der Waals surface area contributed by atoms with Gasteiger partial charge in [0.15, 0.2) is 0 Å². The third-order valence-corrected chi connectivity index (χ3v) is 13.4. The molecule has 8 aromatic carbocycles. The van der Waals surface area contributed by atoms with Crippen molar-refractivity contribution in [2.45, 2.75) is 31.1 Å². The highest BCUT2D eigenvalue weighted by Crippen LogP contribution is 2.55. The summed E-state index contributed by atoms with van der Waals surface area (Å²) in [6, 6.07) is 71.8. The number of anilines is 6. The van der Waals surface area contributed by atoms with E-state index in [1.54, 1.807) is 0 Å². The molecule has 2 aliphatic rings. The van der Waals surface area contributed by atoms with Crippen LogP contribution in [0.4, 0.5) is 34.1 Å². The molecule has 0 N–H and O–H groups in total. The van der Waals surface area contributed by atoms with Gasteiger partial charge in [0.05, 0.1) is 0 Å². The molecular formula is C53H40N2S. The summed E-state index contributed by atoms with van der Waals surface area (Å²) in [7, 11) is 0. The van der Waals surface area contributed by atoms with Gasteiger partial charge in [0.25, 0.3) is 0 Å². The van der Waals surface area contributed by atoms with Crippen LogP contribution in [0.25, 0.3) is 31.3 Å². The molecule has 0 saturated heterocycles. The van der Waals surface area contributed by atoms with Crippen LogP contribution >= 0.6 is 11.3 Å². The van der Waals surface area contributed by atoms with Crippen LogP contribution in [0.3, 0.4) is 0 Å². The molecule has 0 radical (unpaired) electrons. The fourth-order valence-electron chi connectivity index (χ4n) is 9.60. The van der Waals surface area contributed by atoms with E-state index in [0.717, 1.165) is 37.1 Å². The molecule has 9 aromatic rings. The normalized spacial score (nSPS) is 15.6. The molecule has 0 unspecified atom stereocenters. The Morgan fingerprint density at radius 1 is 0.357 bits per heavy atom. The third-order valence-electron chi connectivity index (χ3n) is 12.2. The minimum Gasteiger partial charge on any atom is -0.310 e. The second kappa shape index (κ2) is 13.4. The lowest BCUT2D eigenvalue weighted by Gasteiger charge is -2.31. The largest absolute Gasteiger partial charge is 0.310 e. The van der Waals surface area contributed by atoms with E-state index in [1.807, 2.05) is 11.3 Å². The molecule has 1 aromatic heterocycles. The molecular weight excluding hydrogens is 697 g/mol. The number of para-hydroxylation sites is 2. The van der Waals surface area contributed by atoms with Crippen LogP contribution in [0, 0.1) is 0 Å². The van der Waals surface area contributed by atoms with Gasteiger partial charge < -0.3 is 9.80 Å². The minimum absolute atomic E-state index is 0.0251. The summed E-state index contributed by atoms with van der Waals surface area (Å²) >= 11 is 1.88. The molecule has 0 saturated carbocycles. The molecule has 1 heterocycles. The Kier molecular flexibility index (Phi) is 7.89. The smallest absolute Gasteiger partial charge is 0.0476 e. The van der Waals surface area contributed by atoms with E-state index in [9.17, 15) is 0 Å². The number of aryl methyl sites for hydroxylation is 2. The molecule has 0 aliphatic heterocycles. The van der Waals surface area contributed by atoms with Gasteiger partial charge in [-0.3, -0.25) is 0 Å². The fourth-order valence-corrected chi connectivity index (χ4v) is 10.7. The summed E-state index contributed by atoms with van der Waals surface area (Å²) in [4.78, 5) is 4.89. The highest BCUT2D eigenvalue weighted by molar-refractivity contribution is 7.25. The highest BCUT2D eigenvalue weighted by Gasteiger charge is 2.45. The van der Waals surface area contributed by atoms with Crippen molar-refractivity contribution in [3.05, 3.63) is 216 Å². The number of fused-ring (bicyclic) bond motifs is 7. The minimum atomic E-state index is -0.0251. The second-order valence-corrected chi connectivity index (χ2v) is 16.4. The van der Waals surface area contributed by atoms with Gasteiger partial charge in [-0.2, -0.15) is 0 Å². The van der Waals surface area contributed by atoms with Gasteiger partial charge in [0.1, 0.15) is 0 Å². The summed E-state index contributed by atoms with van der Waals surface area (Å²) in [5.74, 6) is 0. The van der Waals surface area contributed by atoms with Crippen LogP contribution in [0.2, 0.25) is 0 Å². The zero-order valence-electron chi connectivity index (χ0n) is 31.1. The molecule has 2 nitrogen and oxygen atoms in total. The lowest BCUT2D eigenvalue weighted by Crippen LogP contribution is -2.22. The maximum Gasteiger partial charge on any atom is 0.0476 e. The Labute approximate surface area is 332 Å². The van der Waals surface area contributed by atoms with Crippen molar-refractivity contribution < 1.29 is 0 Å². The quantitative estimate of drug-likeness (QED) is 0.161. The summed E-state index contributed by atoms with van der Waals surface area (Å²) in [5, 5.41) is 2.66. The van der Waals surface area contributed by atoms with Crippen molar-refractivity contribution in [1.29, 1.82) is 0 Å². The number of benzene rings is 8. The van der Waals surface area contributed by atoms with E-state index in [4.69, 9.17) is 0 Å². The fraction of sp³-hybridized carbons (Fsp3) is 0.0943. The van der Waals surface area contributed by atoms with Crippen LogP contribution in [-0.2, 0) is 18.3 Å². The van der Waals surface area contributed by atoms with Gasteiger partial charge in [0.2, 0.25) is 0 Å². The van der Waals surface area contributed by atoms with Gasteiger partial charge in [-0.25, -0.2) is 0 Å². The monoisotopic (exact) mass is 736 g/mol. The topological polar surface area (TPSA) is 6.48 Å². The molecule has 1 atom stereocenters. The first-order chi connectivity index (χ1) is 27.7. The van der Waals surface area contributed by atoms with Gasteiger partial charge in [-0.15, -0.1) is 11.3 Å². The van der Waals surface area contributed by atoms with Gasteiger partial charge >= 0.3 is 0 Å². The highest BCUT2D eigenvalue weighted by atomic mass is 32.1. The molecule has 0 amide bonds. The first kappa shape index (κ1) is 33.0. The van der Waals surface area contributed by atoms with Gasteiger partial charge in [-0.05, 0) is 138 Å². The SMILES string of the molecule is c1ccc(-c2cccc(N(c3ccccc3)c3ccc4c(c3)[C@@]3(CC4)CCc4ccc(N(c5ccccc5)c5ccc6c(c5)sc5ccccc56)cc43)c2)cc1. The zero-order chi connectivity index (χ0) is 37.1. The summed E-state index contributed by atoms with van der Waals surface area (Å²) < 4.78 is 2.65. The van der Waals surface area contributed by atoms with Gasteiger partial charge in [0, 0.05) is 59.7 Å². The van der Waals surface area contributed by atoms with Crippen molar-refractivity contribution in [3.8, 4) is 11.1 Å². The Balaban J connectivity index is 1.03. The Morgan fingerprint density at radius 3 is 1.48 bits per heavy atom. The predicted octanol–water partition coefficient (Wildman–Crippen LogP) is 14.8. The van der Waals surface area contributed by atoms with E-state index < -0.39 is 0 Å². The molecule has 0 fully saturated rings. The number of thiophene rings is 1. The molecule has 3 heteroatoms. The molecule has 56 heavy (non-hydrogen) atoms. The Bertz CT molecular complexity index is 2880. The average molecular weight is 737 g/mol. The lowest BCUT2D eigenvalue weighted by atomic mass is 9.76.